The largest absolute Gasteiger partial charge is 0.495 e. The van der Waals surface area contributed by atoms with Gasteiger partial charge < -0.3 is 24.8 Å². The van der Waals surface area contributed by atoms with E-state index in [9.17, 15) is 18.8 Å². The Bertz CT molecular complexity index is 1440. The number of hydrogen-bond acceptors (Lipinski definition) is 6. The van der Waals surface area contributed by atoms with Gasteiger partial charge in [-0.05, 0) is 71.5 Å². The van der Waals surface area contributed by atoms with E-state index in [1.54, 1.807) is 54.6 Å². The van der Waals surface area contributed by atoms with Gasteiger partial charge in [0, 0.05) is 5.56 Å². The molecule has 1 heterocycles. The van der Waals surface area contributed by atoms with Gasteiger partial charge in [0.1, 0.15) is 30.4 Å². The molecule has 202 valence electrons. The van der Waals surface area contributed by atoms with E-state index >= 15 is 0 Å². The van der Waals surface area contributed by atoms with Crippen LogP contribution in [0.15, 0.2) is 66.4 Å². The van der Waals surface area contributed by atoms with Gasteiger partial charge >= 0.3 is 6.03 Å². The van der Waals surface area contributed by atoms with Gasteiger partial charge in [0.05, 0.1) is 23.0 Å². The molecule has 3 aromatic carbocycles. The third-order valence-corrected chi connectivity index (χ3v) is 6.42. The van der Waals surface area contributed by atoms with Crippen molar-refractivity contribution in [3.63, 3.8) is 0 Å². The summed E-state index contributed by atoms with van der Waals surface area (Å²) in [7, 11) is 1.47. The minimum atomic E-state index is -0.717. The first kappa shape index (κ1) is 27.9. The van der Waals surface area contributed by atoms with Crippen molar-refractivity contribution >= 4 is 52.2 Å². The summed E-state index contributed by atoms with van der Waals surface area (Å²) in [6.45, 7) is 1.68. The van der Waals surface area contributed by atoms with Crippen molar-refractivity contribution in [3.05, 3.63) is 86.9 Å². The number of para-hydroxylation sites is 2. The number of methoxy groups -OCH3 is 1. The standard InChI is InChI=1S/C28H25FIN3O6/c1-3-38-24-14-17(12-20(30)26(24)39-16-18-8-4-5-9-19(18)29)13-22-27(35)33(28(36)32-22)15-25(34)31-21-10-6-7-11-23(21)37-2/h4-14H,3,15-16H2,1-2H3,(H,31,34)(H,32,36)/b22-13+. The zero-order valence-electron chi connectivity index (χ0n) is 21.1. The summed E-state index contributed by atoms with van der Waals surface area (Å²) in [4.78, 5) is 38.8. The zero-order chi connectivity index (χ0) is 27.9. The Morgan fingerprint density at radius 1 is 1.08 bits per heavy atom. The average Bonchev–Trinajstić information content (AvgIpc) is 3.16. The fourth-order valence-electron chi connectivity index (χ4n) is 3.80. The number of halogens is 2. The van der Waals surface area contributed by atoms with Crippen molar-refractivity contribution in [2.24, 2.45) is 0 Å². The maximum Gasteiger partial charge on any atom is 0.329 e. The number of nitrogens with zero attached hydrogens (tertiary/aromatic N) is 1. The van der Waals surface area contributed by atoms with Crippen LogP contribution in [0.2, 0.25) is 0 Å². The first-order valence-electron chi connectivity index (χ1n) is 11.9. The number of urea groups is 1. The van der Waals surface area contributed by atoms with Gasteiger partial charge in [-0.25, -0.2) is 14.1 Å². The molecular formula is C28H25FIN3O6. The molecule has 1 aliphatic heterocycles. The highest BCUT2D eigenvalue weighted by Crippen LogP contribution is 2.36. The van der Waals surface area contributed by atoms with Gasteiger partial charge in [-0.3, -0.25) is 9.59 Å². The van der Waals surface area contributed by atoms with Crippen LogP contribution >= 0.6 is 22.6 Å². The Balaban J connectivity index is 1.50. The molecule has 0 radical (unpaired) electrons. The van der Waals surface area contributed by atoms with E-state index in [1.165, 1.54) is 19.3 Å². The third-order valence-electron chi connectivity index (χ3n) is 5.62. The van der Waals surface area contributed by atoms with Gasteiger partial charge in [0.15, 0.2) is 11.5 Å². The van der Waals surface area contributed by atoms with Gasteiger partial charge in [-0.15, -0.1) is 0 Å². The molecule has 9 nitrogen and oxygen atoms in total. The molecule has 0 saturated carbocycles. The minimum Gasteiger partial charge on any atom is -0.495 e. The van der Waals surface area contributed by atoms with E-state index in [4.69, 9.17) is 14.2 Å². The summed E-state index contributed by atoms with van der Waals surface area (Å²) in [5, 5.41) is 5.15. The second kappa shape index (κ2) is 12.6. The molecule has 1 aliphatic rings. The van der Waals surface area contributed by atoms with Gasteiger partial charge in [0.25, 0.3) is 5.91 Å². The number of rotatable bonds is 10. The molecule has 0 atom stereocenters. The molecule has 11 heteroatoms. The highest BCUT2D eigenvalue weighted by molar-refractivity contribution is 14.1. The molecule has 0 aromatic heterocycles. The summed E-state index contributed by atoms with van der Waals surface area (Å²) in [5.74, 6) is -0.304. The number of amides is 4. The van der Waals surface area contributed by atoms with Crippen molar-refractivity contribution in [2.45, 2.75) is 13.5 Å². The molecule has 0 spiro atoms. The Hall–Kier alpha value is -4.13. The topological polar surface area (TPSA) is 106 Å². The molecular weight excluding hydrogens is 620 g/mol. The first-order valence-corrected chi connectivity index (χ1v) is 13.0. The second-order valence-electron chi connectivity index (χ2n) is 8.27. The quantitative estimate of drug-likeness (QED) is 0.184. The molecule has 0 aliphatic carbocycles. The molecule has 0 unspecified atom stereocenters. The lowest BCUT2D eigenvalue weighted by atomic mass is 10.1. The maximum atomic E-state index is 14.0. The average molecular weight is 645 g/mol. The molecule has 0 bridgehead atoms. The molecule has 3 aromatic rings. The Kier molecular flexibility index (Phi) is 9.02. The number of anilines is 1. The maximum absolute atomic E-state index is 14.0. The first-order chi connectivity index (χ1) is 18.8. The van der Waals surface area contributed by atoms with Gasteiger partial charge in [0.2, 0.25) is 5.91 Å². The van der Waals surface area contributed by atoms with Crippen LogP contribution < -0.4 is 24.8 Å². The number of nitrogens with one attached hydrogen (secondary N) is 2. The number of imide groups is 1. The van der Waals surface area contributed by atoms with Crippen LogP contribution in [-0.2, 0) is 16.2 Å². The van der Waals surface area contributed by atoms with Crippen molar-refractivity contribution in [2.75, 3.05) is 25.6 Å². The van der Waals surface area contributed by atoms with Gasteiger partial charge in [-0.2, -0.15) is 0 Å². The summed E-state index contributed by atoms with van der Waals surface area (Å²) in [5.41, 5.74) is 1.38. The van der Waals surface area contributed by atoms with Crippen LogP contribution in [-0.4, -0.2) is 43.0 Å². The van der Waals surface area contributed by atoms with Crippen molar-refractivity contribution in [1.82, 2.24) is 10.2 Å². The minimum absolute atomic E-state index is 0.00312. The van der Waals surface area contributed by atoms with E-state index in [1.807, 2.05) is 6.92 Å². The highest BCUT2D eigenvalue weighted by atomic mass is 127. The Labute approximate surface area is 238 Å². The number of hydrogen-bond donors (Lipinski definition) is 2. The summed E-state index contributed by atoms with van der Waals surface area (Å²) >= 11 is 2.06. The van der Waals surface area contributed by atoms with Crippen LogP contribution in [0.5, 0.6) is 17.2 Å². The lowest BCUT2D eigenvalue weighted by Crippen LogP contribution is -2.38. The van der Waals surface area contributed by atoms with Crippen LogP contribution in [0.25, 0.3) is 6.08 Å². The molecule has 1 saturated heterocycles. The summed E-state index contributed by atoms with van der Waals surface area (Å²) in [6, 6.07) is 15.8. The summed E-state index contributed by atoms with van der Waals surface area (Å²) < 4.78 is 31.5. The normalized spacial score (nSPS) is 13.8. The smallest absolute Gasteiger partial charge is 0.329 e. The predicted octanol–water partition coefficient (Wildman–Crippen LogP) is 4.95. The van der Waals surface area contributed by atoms with Crippen LogP contribution in [0, 0.1) is 9.39 Å². The molecule has 1 fully saturated rings. The molecule has 4 rings (SSSR count). The third kappa shape index (κ3) is 6.66. The Morgan fingerprint density at radius 2 is 1.82 bits per heavy atom. The van der Waals surface area contributed by atoms with E-state index in [0.29, 0.717) is 44.2 Å². The van der Waals surface area contributed by atoms with E-state index in [2.05, 4.69) is 33.2 Å². The molecule has 2 N–H and O–H groups in total. The van der Waals surface area contributed by atoms with Crippen molar-refractivity contribution in [3.8, 4) is 17.2 Å². The number of carbonyl (C=O) groups is 3. The lowest BCUT2D eigenvalue weighted by molar-refractivity contribution is -0.127. The number of benzene rings is 3. The number of ether oxygens (including phenoxy) is 3. The number of carbonyl (C=O) groups excluding carboxylic acids is 3. The van der Waals surface area contributed by atoms with Crippen molar-refractivity contribution < 1.29 is 33.0 Å². The second-order valence-corrected chi connectivity index (χ2v) is 9.43. The van der Waals surface area contributed by atoms with E-state index in [0.717, 1.165) is 4.90 Å². The lowest BCUT2D eigenvalue weighted by Gasteiger charge is -2.15. The Morgan fingerprint density at radius 3 is 2.56 bits per heavy atom. The van der Waals surface area contributed by atoms with Crippen LogP contribution in [0.3, 0.4) is 0 Å². The van der Waals surface area contributed by atoms with Gasteiger partial charge in [-0.1, -0.05) is 30.3 Å². The fraction of sp³-hybridized carbons (Fsp3) is 0.179. The van der Waals surface area contributed by atoms with Crippen LogP contribution in [0.1, 0.15) is 18.1 Å². The summed E-state index contributed by atoms with van der Waals surface area (Å²) in [6.07, 6.45) is 1.49. The predicted molar refractivity (Wildman–Crippen MR) is 151 cm³/mol. The van der Waals surface area contributed by atoms with Crippen LogP contribution in [0.4, 0.5) is 14.9 Å². The molecule has 39 heavy (non-hydrogen) atoms. The highest BCUT2D eigenvalue weighted by Gasteiger charge is 2.35. The molecule has 4 amide bonds. The van der Waals surface area contributed by atoms with E-state index < -0.39 is 24.4 Å². The fourth-order valence-corrected chi connectivity index (χ4v) is 4.58. The SMILES string of the molecule is CCOc1cc(/C=C2/NC(=O)N(CC(=O)Nc3ccccc3OC)C2=O)cc(I)c1OCc1ccccc1F. The zero-order valence-corrected chi connectivity index (χ0v) is 23.3. The van der Waals surface area contributed by atoms with Crippen molar-refractivity contribution in [1.29, 1.82) is 0 Å². The van der Waals surface area contributed by atoms with E-state index in [-0.39, 0.29) is 18.1 Å². The monoisotopic (exact) mass is 645 g/mol.